The molecule has 0 aromatic heterocycles. The molecule has 0 unspecified atom stereocenters. The van der Waals surface area contributed by atoms with Gasteiger partial charge < -0.3 is 5.32 Å². The van der Waals surface area contributed by atoms with Crippen molar-refractivity contribution in [2.24, 2.45) is 4.99 Å². The van der Waals surface area contributed by atoms with E-state index in [1.54, 1.807) is 6.07 Å². The van der Waals surface area contributed by atoms with E-state index in [9.17, 15) is 4.79 Å². The number of fused-ring (bicyclic) bond motifs is 1. The molecule has 0 fully saturated rings. The van der Waals surface area contributed by atoms with Crippen LogP contribution in [-0.4, -0.2) is 11.6 Å². The molecule has 1 N–H and O–H groups in total. The number of benzene rings is 2. The van der Waals surface area contributed by atoms with E-state index in [0.29, 0.717) is 16.4 Å². The Kier molecular flexibility index (Phi) is 2.84. The molecule has 0 aliphatic carbocycles. The van der Waals surface area contributed by atoms with E-state index in [0.717, 1.165) is 16.8 Å². The summed E-state index contributed by atoms with van der Waals surface area (Å²) in [4.78, 5) is 16.4. The minimum atomic E-state index is -0.180. The summed E-state index contributed by atoms with van der Waals surface area (Å²) >= 11 is 5.97. The van der Waals surface area contributed by atoms with Gasteiger partial charge in [0.05, 0.1) is 11.4 Å². The van der Waals surface area contributed by atoms with Gasteiger partial charge in [0.25, 0.3) is 5.91 Å². The Labute approximate surface area is 115 Å². The summed E-state index contributed by atoms with van der Waals surface area (Å²) in [5.74, 6) is -0.180. The van der Waals surface area contributed by atoms with E-state index >= 15 is 0 Å². The Bertz CT molecular complexity index is 707. The van der Waals surface area contributed by atoms with Gasteiger partial charge in [-0.15, -0.1) is 0 Å². The predicted molar refractivity (Wildman–Crippen MR) is 77.5 cm³/mol. The first-order chi connectivity index (χ1) is 9.15. The summed E-state index contributed by atoms with van der Waals surface area (Å²) < 4.78 is 0. The van der Waals surface area contributed by atoms with E-state index in [-0.39, 0.29) is 5.91 Å². The van der Waals surface area contributed by atoms with Crippen molar-refractivity contribution in [3.8, 4) is 0 Å². The molecule has 19 heavy (non-hydrogen) atoms. The van der Waals surface area contributed by atoms with Crippen LogP contribution in [-0.2, 0) is 4.79 Å². The molecule has 0 saturated heterocycles. The first-order valence-corrected chi connectivity index (χ1v) is 6.28. The van der Waals surface area contributed by atoms with Gasteiger partial charge in [-0.25, -0.2) is 4.99 Å². The topological polar surface area (TPSA) is 41.5 Å². The molecule has 1 heterocycles. The number of nitrogens with zero attached hydrogens (tertiary/aromatic N) is 1. The van der Waals surface area contributed by atoms with Crippen LogP contribution >= 0.6 is 11.6 Å². The molecule has 0 atom stereocenters. The molecule has 3 nitrogen and oxygen atoms in total. The number of anilines is 1. The largest absolute Gasteiger partial charge is 0.320 e. The Morgan fingerprint density at radius 2 is 1.95 bits per heavy atom. The zero-order valence-electron chi connectivity index (χ0n) is 10.3. The maximum atomic E-state index is 12.0. The summed E-state index contributed by atoms with van der Waals surface area (Å²) in [6.07, 6.45) is 0. The Morgan fingerprint density at radius 3 is 2.79 bits per heavy atom. The molecule has 0 bridgehead atoms. The van der Waals surface area contributed by atoms with Gasteiger partial charge in [0.15, 0.2) is 0 Å². The van der Waals surface area contributed by atoms with Crippen LogP contribution in [0.15, 0.2) is 47.5 Å². The number of para-hydroxylation sites is 1. The van der Waals surface area contributed by atoms with Crippen molar-refractivity contribution in [2.45, 2.75) is 6.92 Å². The highest BCUT2D eigenvalue weighted by Gasteiger charge is 2.25. The molecule has 0 radical (unpaired) electrons. The first kappa shape index (κ1) is 11.9. The lowest BCUT2D eigenvalue weighted by Crippen LogP contribution is -2.13. The molecular formula is C15H11ClN2O. The predicted octanol–water partition coefficient (Wildman–Crippen LogP) is 3.72. The third kappa shape index (κ3) is 2.13. The van der Waals surface area contributed by atoms with Gasteiger partial charge in [-0.05, 0) is 30.7 Å². The minimum Gasteiger partial charge on any atom is -0.320 e. The fourth-order valence-corrected chi connectivity index (χ4v) is 2.20. The average Bonchev–Trinajstić information content (AvgIpc) is 2.71. The van der Waals surface area contributed by atoms with Crippen LogP contribution < -0.4 is 5.32 Å². The number of carbonyl (C=O) groups is 1. The summed E-state index contributed by atoms with van der Waals surface area (Å²) in [5, 5.41) is 3.41. The van der Waals surface area contributed by atoms with Crippen molar-refractivity contribution >= 4 is 34.6 Å². The van der Waals surface area contributed by atoms with Crippen LogP contribution in [0.25, 0.3) is 0 Å². The van der Waals surface area contributed by atoms with E-state index in [2.05, 4.69) is 10.3 Å². The van der Waals surface area contributed by atoms with Crippen LogP contribution in [0.1, 0.15) is 11.1 Å². The van der Waals surface area contributed by atoms with Gasteiger partial charge in [0.1, 0.15) is 5.71 Å². The van der Waals surface area contributed by atoms with Crippen molar-refractivity contribution in [1.29, 1.82) is 0 Å². The molecule has 2 aromatic carbocycles. The number of aryl methyl sites for hydroxylation is 1. The second-order valence-corrected chi connectivity index (χ2v) is 4.83. The molecule has 3 rings (SSSR count). The summed E-state index contributed by atoms with van der Waals surface area (Å²) in [7, 11) is 0. The highest BCUT2D eigenvalue weighted by Crippen LogP contribution is 2.28. The summed E-state index contributed by atoms with van der Waals surface area (Å²) in [6.45, 7) is 1.94. The fourth-order valence-electron chi connectivity index (χ4n) is 2.04. The van der Waals surface area contributed by atoms with Gasteiger partial charge in [-0.2, -0.15) is 0 Å². The molecule has 1 aliphatic rings. The lowest BCUT2D eigenvalue weighted by Gasteiger charge is -2.02. The second kappa shape index (κ2) is 4.52. The number of halogens is 1. The van der Waals surface area contributed by atoms with E-state index in [1.165, 1.54) is 0 Å². The van der Waals surface area contributed by atoms with Crippen LogP contribution in [0.5, 0.6) is 0 Å². The smallest absolute Gasteiger partial charge is 0.275 e. The number of nitrogens with one attached hydrogen (secondary N) is 1. The monoisotopic (exact) mass is 270 g/mol. The highest BCUT2D eigenvalue weighted by atomic mass is 35.5. The molecule has 2 aromatic rings. The van der Waals surface area contributed by atoms with Crippen molar-refractivity contribution < 1.29 is 4.79 Å². The third-order valence-electron chi connectivity index (χ3n) is 3.05. The number of rotatable bonds is 1. The van der Waals surface area contributed by atoms with Crippen molar-refractivity contribution in [2.75, 3.05) is 5.32 Å². The van der Waals surface area contributed by atoms with Crippen LogP contribution in [0.4, 0.5) is 11.4 Å². The summed E-state index contributed by atoms with van der Waals surface area (Å²) in [6, 6.07) is 13.0. The Hall–Kier alpha value is -2.13. The Morgan fingerprint density at radius 1 is 1.16 bits per heavy atom. The Balaban J connectivity index is 2.14. The van der Waals surface area contributed by atoms with E-state index < -0.39 is 0 Å². The fraction of sp³-hybridized carbons (Fsp3) is 0.0667. The number of carbonyl (C=O) groups excluding carboxylic acids is 1. The molecule has 0 spiro atoms. The van der Waals surface area contributed by atoms with Gasteiger partial charge in [-0.1, -0.05) is 35.9 Å². The van der Waals surface area contributed by atoms with Crippen molar-refractivity contribution in [3.63, 3.8) is 0 Å². The SMILES string of the molecule is Cc1ccc(Cl)cc1/N=C1\C(=O)Nc2ccccc21. The lowest BCUT2D eigenvalue weighted by molar-refractivity contribution is -0.110. The molecule has 4 heteroatoms. The van der Waals surface area contributed by atoms with Crippen molar-refractivity contribution in [3.05, 3.63) is 58.6 Å². The van der Waals surface area contributed by atoms with E-state index in [4.69, 9.17) is 11.6 Å². The molecule has 94 valence electrons. The normalized spacial score (nSPS) is 15.5. The van der Waals surface area contributed by atoms with Crippen LogP contribution in [0, 0.1) is 6.92 Å². The minimum absolute atomic E-state index is 0.180. The van der Waals surface area contributed by atoms with Crippen LogP contribution in [0.3, 0.4) is 0 Å². The average molecular weight is 271 g/mol. The van der Waals surface area contributed by atoms with Crippen LogP contribution in [0.2, 0.25) is 5.02 Å². The van der Waals surface area contributed by atoms with E-state index in [1.807, 2.05) is 43.3 Å². The number of hydrogen-bond acceptors (Lipinski definition) is 2. The molecular weight excluding hydrogens is 260 g/mol. The number of hydrogen-bond donors (Lipinski definition) is 1. The molecule has 1 amide bonds. The number of aliphatic imine (C=N–C) groups is 1. The van der Waals surface area contributed by atoms with Gasteiger partial charge >= 0.3 is 0 Å². The first-order valence-electron chi connectivity index (χ1n) is 5.91. The zero-order chi connectivity index (χ0) is 13.4. The van der Waals surface area contributed by atoms with Gasteiger partial charge in [0.2, 0.25) is 0 Å². The molecule has 0 saturated carbocycles. The lowest BCUT2D eigenvalue weighted by atomic mass is 10.1. The quantitative estimate of drug-likeness (QED) is 0.843. The highest BCUT2D eigenvalue weighted by molar-refractivity contribution is 6.54. The molecule has 1 aliphatic heterocycles. The van der Waals surface area contributed by atoms with Gasteiger partial charge in [-0.3, -0.25) is 4.79 Å². The van der Waals surface area contributed by atoms with Gasteiger partial charge in [0, 0.05) is 10.6 Å². The maximum absolute atomic E-state index is 12.0. The standard InChI is InChI=1S/C15H11ClN2O/c1-9-6-7-10(16)8-13(9)17-14-11-4-2-3-5-12(11)18-15(14)19/h2-8H,1H3,(H,17,18,19). The third-order valence-corrected chi connectivity index (χ3v) is 3.28. The zero-order valence-corrected chi connectivity index (χ0v) is 11.0. The van der Waals surface area contributed by atoms with Crippen molar-refractivity contribution in [1.82, 2.24) is 0 Å². The maximum Gasteiger partial charge on any atom is 0.275 e. The second-order valence-electron chi connectivity index (χ2n) is 4.39. The summed E-state index contributed by atoms with van der Waals surface area (Å²) in [5.41, 5.74) is 3.75. The number of amides is 1.